The van der Waals surface area contributed by atoms with Gasteiger partial charge in [-0.3, -0.25) is 9.78 Å². The molecular weight excluding hydrogens is 382 g/mol. The van der Waals surface area contributed by atoms with Crippen LogP contribution in [-0.2, 0) is 4.74 Å². The van der Waals surface area contributed by atoms with Gasteiger partial charge in [-0.05, 0) is 44.4 Å². The zero-order valence-electron chi connectivity index (χ0n) is 17.2. The summed E-state index contributed by atoms with van der Waals surface area (Å²) in [5.74, 6) is 0.958. The molecule has 1 unspecified atom stereocenters. The van der Waals surface area contributed by atoms with Crippen molar-refractivity contribution < 1.29 is 14.3 Å². The lowest BCUT2D eigenvalue weighted by molar-refractivity contribution is 0.0169. The van der Waals surface area contributed by atoms with Crippen molar-refractivity contribution in [3.8, 4) is 22.8 Å². The van der Waals surface area contributed by atoms with Crippen LogP contribution in [0.2, 0.25) is 0 Å². The monoisotopic (exact) mass is 407 g/mol. The number of nitrogens with one attached hydrogen (secondary N) is 1. The minimum absolute atomic E-state index is 0.0950. The van der Waals surface area contributed by atoms with E-state index in [1.165, 1.54) is 0 Å². The molecule has 4 heterocycles. The second-order valence-electron chi connectivity index (χ2n) is 7.22. The first-order valence-corrected chi connectivity index (χ1v) is 10.1. The van der Waals surface area contributed by atoms with Crippen molar-refractivity contribution in [2.24, 2.45) is 0 Å². The van der Waals surface area contributed by atoms with Gasteiger partial charge >= 0.3 is 0 Å². The Morgan fingerprint density at radius 2 is 2.13 bits per heavy atom. The van der Waals surface area contributed by atoms with Crippen molar-refractivity contribution in [1.29, 1.82) is 0 Å². The topological polar surface area (TPSA) is 91.2 Å². The minimum Gasteiger partial charge on any atom is -0.480 e. The first-order chi connectivity index (χ1) is 14.7. The van der Waals surface area contributed by atoms with E-state index < -0.39 is 0 Å². The van der Waals surface area contributed by atoms with Crippen LogP contribution in [0, 0.1) is 6.92 Å². The van der Waals surface area contributed by atoms with Gasteiger partial charge < -0.3 is 14.8 Å². The van der Waals surface area contributed by atoms with E-state index >= 15 is 0 Å². The largest absolute Gasteiger partial charge is 0.480 e. The van der Waals surface area contributed by atoms with Crippen molar-refractivity contribution in [1.82, 2.24) is 25.1 Å². The summed E-state index contributed by atoms with van der Waals surface area (Å²) in [5, 5.41) is 7.36. The number of nitrogens with zero attached hydrogens (tertiary/aromatic N) is 4. The fourth-order valence-corrected chi connectivity index (χ4v) is 3.57. The number of rotatable bonds is 6. The molecule has 0 bridgehead atoms. The number of pyridine rings is 2. The van der Waals surface area contributed by atoms with Crippen molar-refractivity contribution in [2.45, 2.75) is 32.3 Å². The molecule has 8 heteroatoms. The zero-order valence-corrected chi connectivity index (χ0v) is 17.2. The average Bonchev–Trinajstić information content (AvgIpc) is 3.22. The smallest absolute Gasteiger partial charge is 0.252 e. The minimum atomic E-state index is -0.165. The fraction of sp³-hybridized carbons (Fsp3) is 0.364. The third-order valence-electron chi connectivity index (χ3n) is 5.21. The maximum absolute atomic E-state index is 12.4. The maximum atomic E-state index is 12.4. The summed E-state index contributed by atoms with van der Waals surface area (Å²) in [6, 6.07) is 7.34. The van der Waals surface area contributed by atoms with Crippen LogP contribution in [0.15, 0.2) is 42.9 Å². The van der Waals surface area contributed by atoms with E-state index in [1.807, 2.05) is 19.1 Å². The second kappa shape index (κ2) is 9.04. The Morgan fingerprint density at radius 1 is 1.23 bits per heavy atom. The Morgan fingerprint density at radius 3 is 2.83 bits per heavy atom. The van der Waals surface area contributed by atoms with Crippen LogP contribution in [-0.4, -0.2) is 52.0 Å². The fourth-order valence-electron chi connectivity index (χ4n) is 3.57. The highest BCUT2D eigenvalue weighted by Crippen LogP contribution is 2.32. The number of amides is 1. The molecule has 1 fully saturated rings. The van der Waals surface area contributed by atoms with Gasteiger partial charge in [0.05, 0.1) is 30.5 Å². The molecule has 30 heavy (non-hydrogen) atoms. The van der Waals surface area contributed by atoms with E-state index in [9.17, 15) is 4.79 Å². The lowest BCUT2D eigenvalue weighted by Gasteiger charge is -2.22. The molecule has 0 aliphatic carbocycles. The normalized spacial score (nSPS) is 16.3. The lowest BCUT2D eigenvalue weighted by Crippen LogP contribution is -2.35. The van der Waals surface area contributed by atoms with Gasteiger partial charge in [0.2, 0.25) is 5.88 Å². The van der Waals surface area contributed by atoms with Gasteiger partial charge in [-0.15, -0.1) is 0 Å². The number of aromatic nitrogens is 4. The Labute approximate surface area is 175 Å². The molecule has 3 aromatic heterocycles. The van der Waals surface area contributed by atoms with Crippen LogP contribution in [0.1, 0.15) is 35.3 Å². The number of methoxy groups -OCH3 is 1. The standard InChI is InChI=1S/C22H25N5O3/c1-15-18(7-5-10-23-15)19-14-26-27(22(19)29-2)20-9-8-16(12-24-20)21(28)25-13-17-6-3-4-11-30-17/h5,7-10,12,14,17H,3-4,6,11,13H2,1-2H3,(H,25,28). The lowest BCUT2D eigenvalue weighted by atomic mass is 10.1. The zero-order chi connectivity index (χ0) is 20.9. The molecule has 3 aromatic rings. The summed E-state index contributed by atoms with van der Waals surface area (Å²) in [5.41, 5.74) is 3.15. The predicted octanol–water partition coefficient (Wildman–Crippen LogP) is 2.95. The van der Waals surface area contributed by atoms with E-state index in [4.69, 9.17) is 9.47 Å². The van der Waals surface area contributed by atoms with Gasteiger partial charge in [0.25, 0.3) is 5.91 Å². The molecule has 4 rings (SSSR count). The van der Waals surface area contributed by atoms with Crippen molar-refractivity contribution >= 4 is 5.91 Å². The van der Waals surface area contributed by atoms with E-state index in [1.54, 1.807) is 42.5 Å². The molecule has 0 spiro atoms. The summed E-state index contributed by atoms with van der Waals surface area (Å²) < 4.78 is 12.9. The van der Waals surface area contributed by atoms with E-state index in [0.717, 1.165) is 42.7 Å². The molecule has 1 amide bonds. The SMILES string of the molecule is COc1c(-c2cccnc2C)cnn1-c1ccc(C(=O)NCC2CCCCO2)cn1. The van der Waals surface area contributed by atoms with Gasteiger partial charge in [-0.2, -0.15) is 9.78 Å². The van der Waals surface area contributed by atoms with Crippen molar-refractivity contribution in [2.75, 3.05) is 20.3 Å². The number of carbonyl (C=O) groups excluding carboxylic acids is 1. The van der Waals surface area contributed by atoms with Gasteiger partial charge in [-0.1, -0.05) is 6.07 Å². The number of ether oxygens (including phenoxy) is 2. The molecular formula is C22H25N5O3. The third kappa shape index (κ3) is 4.18. The summed E-state index contributed by atoms with van der Waals surface area (Å²) in [4.78, 5) is 21.2. The molecule has 1 saturated heterocycles. The molecule has 0 radical (unpaired) electrons. The Balaban J connectivity index is 1.50. The number of aryl methyl sites for hydroxylation is 1. The third-order valence-corrected chi connectivity index (χ3v) is 5.21. The molecule has 0 aromatic carbocycles. The van der Waals surface area contributed by atoms with Crippen LogP contribution in [0.3, 0.4) is 0 Å². The number of hydrogen-bond donors (Lipinski definition) is 1. The summed E-state index contributed by atoms with van der Waals surface area (Å²) in [7, 11) is 1.60. The van der Waals surface area contributed by atoms with Crippen LogP contribution in [0.25, 0.3) is 16.9 Å². The number of hydrogen-bond acceptors (Lipinski definition) is 6. The molecule has 1 N–H and O–H groups in total. The molecule has 1 aliphatic rings. The molecule has 156 valence electrons. The van der Waals surface area contributed by atoms with Gasteiger partial charge in [0, 0.05) is 36.8 Å². The van der Waals surface area contributed by atoms with Gasteiger partial charge in [0.15, 0.2) is 5.82 Å². The Kier molecular flexibility index (Phi) is 6.04. The number of carbonyl (C=O) groups is 1. The highest BCUT2D eigenvalue weighted by atomic mass is 16.5. The first kappa shape index (κ1) is 20.0. The van der Waals surface area contributed by atoms with E-state index in [-0.39, 0.29) is 12.0 Å². The molecule has 1 aliphatic heterocycles. The first-order valence-electron chi connectivity index (χ1n) is 10.1. The quantitative estimate of drug-likeness (QED) is 0.676. The summed E-state index contributed by atoms with van der Waals surface area (Å²) in [6.07, 6.45) is 8.34. The summed E-state index contributed by atoms with van der Waals surface area (Å²) >= 11 is 0. The van der Waals surface area contributed by atoms with Crippen LogP contribution >= 0.6 is 0 Å². The predicted molar refractivity (Wildman–Crippen MR) is 112 cm³/mol. The molecule has 1 atom stereocenters. The summed E-state index contributed by atoms with van der Waals surface area (Å²) in [6.45, 7) is 3.22. The highest BCUT2D eigenvalue weighted by Gasteiger charge is 2.18. The van der Waals surface area contributed by atoms with E-state index in [0.29, 0.717) is 23.8 Å². The van der Waals surface area contributed by atoms with Gasteiger partial charge in [0.1, 0.15) is 0 Å². The van der Waals surface area contributed by atoms with Crippen molar-refractivity contribution in [3.63, 3.8) is 0 Å². The van der Waals surface area contributed by atoms with Gasteiger partial charge in [-0.25, -0.2) is 4.98 Å². The average molecular weight is 407 g/mol. The van der Waals surface area contributed by atoms with Crippen LogP contribution in [0.4, 0.5) is 0 Å². The van der Waals surface area contributed by atoms with Crippen LogP contribution in [0.5, 0.6) is 5.88 Å². The Bertz CT molecular complexity index is 1010. The van der Waals surface area contributed by atoms with Crippen LogP contribution < -0.4 is 10.1 Å². The molecule has 8 nitrogen and oxygen atoms in total. The Hall–Kier alpha value is -3.26. The van der Waals surface area contributed by atoms with E-state index in [2.05, 4.69) is 20.4 Å². The second-order valence-corrected chi connectivity index (χ2v) is 7.22. The highest BCUT2D eigenvalue weighted by molar-refractivity contribution is 5.93. The maximum Gasteiger partial charge on any atom is 0.252 e. The van der Waals surface area contributed by atoms with Crippen molar-refractivity contribution in [3.05, 3.63) is 54.1 Å². The molecule has 0 saturated carbocycles.